The second-order valence-corrected chi connectivity index (χ2v) is 5.36. The summed E-state index contributed by atoms with van der Waals surface area (Å²) in [5, 5.41) is 5.87. The Hall–Kier alpha value is -2.33. The first-order valence-electron chi connectivity index (χ1n) is 6.91. The van der Waals surface area contributed by atoms with Crippen LogP contribution in [0.25, 0.3) is 0 Å². The quantitative estimate of drug-likeness (QED) is 0.891. The van der Waals surface area contributed by atoms with Gasteiger partial charge in [0.15, 0.2) is 0 Å². The van der Waals surface area contributed by atoms with Gasteiger partial charge >= 0.3 is 0 Å². The number of amides is 2. The summed E-state index contributed by atoms with van der Waals surface area (Å²) in [7, 11) is 0. The normalized spacial score (nSPS) is 10.1. The Labute approximate surface area is 134 Å². The van der Waals surface area contributed by atoms with Gasteiger partial charge in [-0.05, 0) is 30.2 Å². The third-order valence-corrected chi connectivity index (χ3v) is 3.52. The van der Waals surface area contributed by atoms with E-state index in [4.69, 9.17) is 11.6 Å². The molecule has 22 heavy (non-hydrogen) atoms. The van der Waals surface area contributed by atoms with Crippen LogP contribution in [0, 0.1) is 6.92 Å². The molecule has 2 N–H and O–H groups in total. The van der Waals surface area contributed by atoms with Crippen molar-refractivity contribution in [2.75, 3.05) is 11.9 Å². The lowest BCUT2D eigenvalue weighted by Gasteiger charge is -2.08. The summed E-state index contributed by atoms with van der Waals surface area (Å²) in [6.45, 7) is 1.81. The summed E-state index contributed by atoms with van der Waals surface area (Å²) in [5.41, 5.74) is 2.46. The van der Waals surface area contributed by atoms with Crippen LogP contribution in [0.5, 0.6) is 0 Å². The van der Waals surface area contributed by atoms with Crippen molar-refractivity contribution in [1.82, 2.24) is 5.32 Å². The molecule has 114 valence electrons. The lowest BCUT2D eigenvalue weighted by Crippen LogP contribution is -2.33. The van der Waals surface area contributed by atoms with Gasteiger partial charge in [-0.15, -0.1) is 0 Å². The van der Waals surface area contributed by atoms with E-state index in [1.165, 1.54) is 0 Å². The average molecular weight is 317 g/mol. The molecule has 2 rings (SSSR count). The van der Waals surface area contributed by atoms with Gasteiger partial charge < -0.3 is 10.6 Å². The van der Waals surface area contributed by atoms with E-state index in [-0.39, 0.29) is 24.8 Å². The molecule has 2 amide bonds. The van der Waals surface area contributed by atoms with E-state index in [0.29, 0.717) is 10.7 Å². The number of hydrogen-bond acceptors (Lipinski definition) is 2. The van der Waals surface area contributed by atoms with Gasteiger partial charge in [0.05, 0.1) is 13.0 Å². The van der Waals surface area contributed by atoms with Gasteiger partial charge in [-0.2, -0.15) is 0 Å². The van der Waals surface area contributed by atoms with E-state index >= 15 is 0 Å². The number of halogens is 1. The Morgan fingerprint density at radius 1 is 1.05 bits per heavy atom. The second-order valence-electron chi connectivity index (χ2n) is 4.95. The summed E-state index contributed by atoms with van der Waals surface area (Å²) in [6.07, 6.45) is 0.254. The first-order valence-corrected chi connectivity index (χ1v) is 7.29. The maximum Gasteiger partial charge on any atom is 0.243 e. The van der Waals surface area contributed by atoms with E-state index < -0.39 is 0 Å². The van der Waals surface area contributed by atoms with E-state index in [0.717, 1.165) is 11.1 Å². The molecule has 0 saturated carbocycles. The van der Waals surface area contributed by atoms with Crippen molar-refractivity contribution in [3.05, 3.63) is 64.7 Å². The van der Waals surface area contributed by atoms with Crippen LogP contribution in [0.3, 0.4) is 0 Å². The van der Waals surface area contributed by atoms with Gasteiger partial charge in [0, 0.05) is 10.7 Å². The summed E-state index contributed by atoms with van der Waals surface area (Å²) in [4.78, 5) is 23.6. The van der Waals surface area contributed by atoms with Crippen LogP contribution in [0.2, 0.25) is 5.02 Å². The molecule has 0 unspecified atom stereocenters. The Morgan fingerprint density at radius 3 is 2.45 bits per heavy atom. The predicted molar refractivity (Wildman–Crippen MR) is 88.0 cm³/mol. The summed E-state index contributed by atoms with van der Waals surface area (Å²) in [6, 6.07) is 14.6. The van der Waals surface area contributed by atoms with Gasteiger partial charge in [0.2, 0.25) is 11.8 Å². The molecular formula is C17H17ClN2O2. The molecule has 2 aromatic rings. The SMILES string of the molecule is Cc1ccc(NC(=O)CNC(=O)Cc2ccccc2)cc1Cl. The smallest absolute Gasteiger partial charge is 0.243 e. The molecule has 0 radical (unpaired) electrons. The molecule has 2 aromatic carbocycles. The van der Waals surface area contributed by atoms with Crippen LogP contribution in [0.15, 0.2) is 48.5 Å². The average Bonchev–Trinajstić information content (AvgIpc) is 2.50. The Bertz CT molecular complexity index is 672. The minimum absolute atomic E-state index is 0.0723. The number of aryl methyl sites for hydroxylation is 1. The maximum atomic E-state index is 11.8. The van der Waals surface area contributed by atoms with E-state index in [9.17, 15) is 9.59 Å². The standard InChI is InChI=1S/C17H17ClN2O2/c1-12-7-8-14(10-15(12)18)20-17(22)11-19-16(21)9-13-5-3-2-4-6-13/h2-8,10H,9,11H2,1H3,(H,19,21)(H,20,22). The third-order valence-electron chi connectivity index (χ3n) is 3.11. The maximum absolute atomic E-state index is 11.8. The number of rotatable bonds is 5. The largest absolute Gasteiger partial charge is 0.347 e. The Balaban J connectivity index is 1.80. The van der Waals surface area contributed by atoms with Crippen molar-refractivity contribution in [1.29, 1.82) is 0 Å². The van der Waals surface area contributed by atoms with Crippen molar-refractivity contribution in [2.45, 2.75) is 13.3 Å². The number of benzene rings is 2. The van der Waals surface area contributed by atoms with Crippen molar-refractivity contribution in [3.63, 3.8) is 0 Å². The molecule has 0 fully saturated rings. The molecule has 4 nitrogen and oxygen atoms in total. The number of hydrogen-bond donors (Lipinski definition) is 2. The first kappa shape index (κ1) is 16.0. The first-order chi connectivity index (χ1) is 10.5. The van der Waals surface area contributed by atoms with E-state index in [1.54, 1.807) is 12.1 Å². The summed E-state index contributed by atoms with van der Waals surface area (Å²) in [5.74, 6) is -0.482. The predicted octanol–water partition coefficient (Wildman–Crippen LogP) is 2.95. The molecule has 0 aliphatic heterocycles. The topological polar surface area (TPSA) is 58.2 Å². The molecule has 0 aliphatic carbocycles. The van der Waals surface area contributed by atoms with E-state index in [1.807, 2.05) is 43.3 Å². The van der Waals surface area contributed by atoms with Crippen LogP contribution >= 0.6 is 11.6 Å². The number of nitrogens with one attached hydrogen (secondary N) is 2. The minimum atomic E-state index is -0.290. The molecule has 0 bridgehead atoms. The van der Waals surface area contributed by atoms with Crippen LogP contribution in [-0.4, -0.2) is 18.4 Å². The van der Waals surface area contributed by atoms with Crippen molar-refractivity contribution < 1.29 is 9.59 Å². The fraction of sp³-hybridized carbons (Fsp3) is 0.176. The Morgan fingerprint density at radius 2 is 1.77 bits per heavy atom. The van der Waals surface area contributed by atoms with Crippen molar-refractivity contribution in [2.24, 2.45) is 0 Å². The van der Waals surface area contributed by atoms with Crippen molar-refractivity contribution in [3.8, 4) is 0 Å². The highest BCUT2D eigenvalue weighted by Crippen LogP contribution is 2.19. The summed E-state index contributed by atoms with van der Waals surface area (Å²) >= 11 is 5.99. The van der Waals surface area contributed by atoms with Crippen LogP contribution in [0.4, 0.5) is 5.69 Å². The van der Waals surface area contributed by atoms with Crippen LogP contribution < -0.4 is 10.6 Å². The van der Waals surface area contributed by atoms with Crippen LogP contribution in [-0.2, 0) is 16.0 Å². The summed E-state index contributed by atoms with van der Waals surface area (Å²) < 4.78 is 0. The fourth-order valence-electron chi connectivity index (χ4n) is 1.90. The lowest BCUT2D eigenvalue weighted by atomic mass is 10.1. The molecule has 0 heterocycles. The van der Waals surface area contributed by atoms with Gasteiger partial charge in [-0.1, -0.05) is 48.0 Å². The van der Waals surface area contributed by atoms with Crippen LogP contribution in [0.1, 0.15) is 11.1 Å². The molecule has 0 spiro atoms. The lowest BCUT2D eigenvalue weighted by molar-refractivity contribution is -0.123. The van der Waals surface area contributed by atoms with Gasteiger partial charge in [-0.25, -0.2) is 0 Å². The van der Waals surface area contributed by atoms with E-state index in [2.05, 4.69) is 10.6 Å². The highest BCUT2D eigenvalue weighted by Gasteiger charge is 2.07. The number of carbonyl (C=O) groups is 2. The molecule has 0 saturated heterocycles. The van der Waals surface area contributed by atoms with Gasteiger partial charge in [0.25, 0.3) is 0 Å². The van der Waals surface area contributed by atoms with Gasteiger partial charge in [-0.3, -0.25) is 9.59 Å². The monoisotopic (exact) mass is 316 g/mol. The van der Waals surface area contributed by atoms with Gasteiger partial charge in [0.1, 0.15) is 0 Å². The minimum Gasteiger partial charge on any atom is -0.347 e. The number of anilines is 1. The molecule has 5 heteroatoms. The number of carbonyl (C=O) groups excluding carboxylic acids is 2. The molecule has 0 aromatic heterocycles. The fourth-order valence-corrected chi connectivity index (χ4v) is 2.08. The second kappa shape index (κ2) is 7.61. The molecular weight excluding hydrogens is 300 g/mol. The molecule has 0 aliphatic rings. The molecule has 0 atom stereocenters. The van der Waals surface area contributed by atoms with Crippen molar-refractivity contribution >= 4 is 29.1 Å². The zero-order chi connectivity index (χ0) is 15.9. The third kappa shape index (κ3) is 4.90. The Kier molecular flexibility index (Phi) is 5.55. The highest BCUT2D eigenvalue weighted by atomic mass is 35.5. The highest BCUT2D eigenvalue weighted by molar-refractivity contribution is 6.31. The zero-order valence-corrected chi connectivity index (χ0v) is 13.0. The zero-order valence-electron chi connectivity index (χ0n) is 12.2.